The van der Waals surface area contributed by atoms with E-state index in [4.69, 9.17) is 4.74 Å². The van der Waals surface area contributed by atoms with Gasteiger partial charge >= 0.3 is 0 Å². The topological polar surface area (TPSA) is 67.4 Å². The molecule has 0 aliphatic carbocycles. The minimum atomic E-state index is -0.0478. The largest absolute Gasteiger partial charge is 0.378 e. The average molecular weight is 264 g/mol. The summed E-state index contributed by atoms with van der Waals surface area (Å²) in [6, 6.07) is 1.72. The second-order valence-electron chi connectivity index (χ2n) is 4.52. The first-order chi connectivity index (χ1) is 9.20. The van der Waals surface area contributed by atoms with E-state index in [2.05, 4.69) is 22.2 Å². The van der Waals surface area contributed by atoms with Gasteiger partial charge in [0.05, 0.1) is 13.2 Å². The Labute approximate surface area is 113 Å². The normalized spacial score (nSPS) is 15.4. The van der Waals surface area contributed by atoms with Crippen molar-refractivity contribution in [2.24, 2.45) is 0 Å². The minimum Gasteiger partial charge on any atom is -0.378 e. The lowest BCUT2D eigenvalue weighted by Crippen LogP contribution is -2.41. The number of amides is 1. The fraction of sp³-hybridized carbons (Fsp3) is 0.615. The summed E-state index contributed by atoms with van der Waals surface area (Å²) in [5.74, 6) is 1.28. The van der Waals surface area contributed by atoms with E-state index in [-0.39, 0.29) is 5.91 Å². The van der Waals surface area contributed by atoms with Crippen molar-refractivity contribution in [1.29, 1.82) is 0 Å². The predicted octanol–water partition coefficient (Wildman–Crippen LogP) is 1.08. The molecule has 1 aliphatic heterocycles. The van der Waals surface area contributed by atoms with Crippen LogP contribution in [0.25, 0.3) is 0 Å². The Hall–Kier alpha value is -1.69. The molecule has 1 N–H and O–H groups in total. The van der Waals surface area contributed by atoms with Crippen LogP contribution >= 0.6 is 0 Å². The van der Waals surface area contributed by atoms with E-state index in [1.54, 1.807) is 17.9 Å². The molecule has 1 saturated heterocycles. The molecule has 1 aliphatic rings. The maximum absolute atomic E-state index is 12.3. The summed E-state index contributed by atoms with van der Waals surface area (Å²) in [7, 11) is 0. The average Bonchev–Trinajstić information content (AvgIpc) is 2.44. The van der Waals surface area contributed by atoms with E-state index in [0.29, 0.717) is 43.6 Å². The Balaban J connectivity index is 2.13. The number of hydrogen-bond acceptors (Lipinski definition) is 5. The van der Waals surface area contributed by atoms with Crippen molar-refractivity contribution in [2.75, 3.05) is 38.2 Å². The second-order valence-corrected chi connectivity index (χ2v) is 4.52. The Kier molecular flexibility index (Phi) is 4.68. The summed E-state index contributed by atoms with van der Waals surface area (Å²) in [4.78, 5) is 22.6. The van der Waals surface area contributed by atoms with E-state index in [1.807, 2.05) is 0 Å². The SMILES string of the molecule is CCCNc1cc(C(=O)N2CCOCC2)nc(C)n1. The van der Waals surface area contributed by atoms with Crippen molar-refractivity contribution in [3.63, 3.8) is 0 Å². The van der Waals surface area contributed by atoms with E-state index in [9.17, 15) is 4.79 Å². The fourth-order valence-electron chi connectivity index (χ4n) is 1.95. The van der Waals surface area contributed by atoms with Gasteiger partial charge < -0.3 is 15.0 Å². The van der Waals surface area contributed by atoms with Gasteiger partial charge in [0, 0.05) is 25.7 Å². The summed E-state index contributed by atoms with van der Waals surface area (Å²) < 4.78 is 5.25. The molecule has 1 aromatic heterocycles. The highest BCUT2D eigenvalue weighted by Crippen LogP contribution is 2.10. The zero-order chi connectivity index (χ0) is 13.7. The molecule has 6 heteroatoms. The summed E-state index contributed by atoms with van der Waals surface area (Å²) in [5.41, 5.74) is 0.452. The summed E-state index contributed by atoms with van der Waals surface area (Å²) >= 11 is 0. The number of aryl methyl sites for hydroxylation is 1. The van der Waals surface area contributed by atoms with Gasteiger partial charge in [0.1, 0.15) is 17.3 Å². The van der Waals surface area contributed by atoms with Crippen molar-refractivity contribution < 1.29 is 9.53 Å². The lowest BCUT2D eigenvalue weighted by molar-refractivity contribution is 0.0299. The van der Waals surface area contributed by atoms with Gasteiger partial charge in [0.25, 0.3) is 5.91 Å². The standard InChI is InChI=1S/C13H20N4O2/c1-3-4-14-12-9-11(15-10(2)16-12)13(18)17-5-7-19-8-6-17/h9H,3-8H2,1-2H3,(H,14,15,16). The number of aromatic nitrogens is 2. The zero-order valence-electron chi connectivity index (χ0n) is 11.5. The molecule has 2 heterocycles. The Morgan fingerprint density at radius 2 is 2.16 bits per heavy atom. The number of rotatable bonds is 4. The lowest BCUT2D eigenvalue weighted by Gasteiger charge is -2.26. The van der Waals surface area contributed by atoms with Gasteiger partial charge in [-0.1, -0.05) is 6.92 Å². The summed E-state index contributed by atoms with van der Waals surface area (Å²) in [6.45, 7) is 7.16. The molecule has 104 valence electrons. The zero-order valence-corrected chi connectivity index (χ0v) is 11.5. The van der Waals surface area contributed by atoms with Crippen molar-refractivity contribution in [2.45, 2.75) is 20.3 Å². The monoisotopic (exact) mass is 264 g/mol. The van der Waals surface area contributed by atoms with Crippen LogP contribution in [0.3, 0.4) is 0 Å². The van der Waals surface area contributed by atoms with Crippen LogP contribution in [-0.2, 0) is 4.74 Å². The highest BCUT2D eigenvalue weighted by atomic mass is 16.5. The third-order valence-corrected chi connectivity index (χ3v) is 2.91. The number of morpholine rings is 1. The molecule has 6 nitrogen and oxygen atoms in total. The van der Waals surface area contributed by atoms with Crippen LogP contribution in [0.5, 0.6) is 0 Å². The van der Waals surface area contributed by atoms with E-state index in [1.165, 1.54) is 0 Å². The van der Waals surface area contributed by atoms with Gasteiger partial charge in [-0.05, 0) is 13.3 Å². The number of anilines is 1. The molecular weight excluding hydrogens is 244 g/mol. The quantitative estimate of drug-likeness (QED) is 0.881. The number of hydrogen-bond donors (Lipinski definition) is 1. The summed E-state index contributed by atoms with van der Waals surface area (Å²) in [5, 5.41) is 3.19. The first-order valence-electron chi connectivity index (χ1n) is 6.67. The number of carbonyl (C=O) groups is 1. The van der Waals surface area contributed by atoms with Crippen molar-refractivity contribution in [3.8, 4) is 0 Å². The molecule has 1 amide bonds. The van der Waals surface area contributed by atoms with Gasteiger partial charge in [-0.2, -0.15) is 0 Å². The Morgan fingerprint density at radius 3 is 2.84 bits per heavy atom. The molecule has 1 aromatic rings. The van der Waals surface area contributed by atoms with Crippen LogP contribution in [0.4, 0.5) is 5.82 Å². The Morgan fingerprint density at radius 1 is 1.42 bits per heavy atom. The highest BCUT2D eigenvalue weighted by Gasteiger charge is 2.20. The van der Waals surface area contributed by atoms with Gasteiger partial charge in [-0.15, -0.1) is 0 Å². The van der Waals surface area contributed by atoms with E-state index < -0.39 is 0 Å². The third kappa shape index (κ3) is 3.64. The van der Waals surface area contributed by atoms with Gasteiger partial charge in [-0.3, -0.25) is 4.79 Å². The lowest BCUT2D eigenvalue weighted by atomic mass is 10.3. The molecule has 1 fully saturated rings. The predicted molar refractivity (Wildman–Crippen MR) is 72.3 cm³/mol. The van der Waals surface area contributed by atoms with Crippen molar-refractivity contribution >= 4 is 11.7 Å². The van der Waals surface area contributed by atoms with Crippen molar-refractivity contribution in [1.82, 2.24) is 14.9 Å². The van der Waals surface area contributed by atoms with Crippen LogP contribution in [-0.4, -0.2) is 53.6 Å². The molecule has 19 heavy (non-hydrogen) atoms. The van der Waals surface area contributed by atoms with Gasteiger partial charge in [-0.25, -0.2) is 9.97 Å². The maximum Gasteiger partial charge on any atom is 0.272 e. The van der Waals surface area contributed by atoms with Crippen LogP contribution in [0.2, 0.25) is 0 Å². The van der Waals surface area contributed by atoms with E-state index in [0.717, 1.165) is 13.0 Å². The molecule has 0 radical (unpaired) electrons. The molecule has 0 atom stereocenters. The fourth-order valence-corrected chi connectivity index (χ4v) is 1.95. The van der Waals surface area contributed by atoms with E-state index >= 15 is 0 Å². The number of nitrogens with zero attached hydrogens (tertiary/aromatic N) is 3. The third-order valence-electron chi connectivity index (χ3n) is 2.91. The van der Waals surface area contributed by atoms with Crippen LogP contribution in [0, 0.1) is 6.92 Å². The minimum absolute atomic E-state index is 0.0478. The molecule has 0 aromatic carbocycles. The molecule has 0 unspecified atom stereocenters. The van der Waals surface area contributed by atoms with Crippen LogP contribution < -0.4 is 5.32 Å². The molecule has 2 rings (SSSR count). The molecule has 0 saturated carbocycles. The number of carbonyl (C=O) groups excluding carboxylic acids is 1. The molecule has 0 bridgehead atoms. The smallest absolute Gasteiger partial charge is 0.272 e. The maximum atomic E-state index is 12.3. The van der Waals surface area contributed by atoms with Gasteiger partial charge in [0.2, 0.25) is 0 Å². The van der Waals surface area contributed by atoms with Gasteiger partial charge in [0.15, 0.2) is 0 Å². The first-order valence-corrected chi connectivity index (χ1v) is 6.67. The number of nitrogens with one attached hydrogen (secondary N) is 1. The Bertz CT molecular complexity index is 444. The second kappa shape index (κ2) is 6.47. The number of ether oxygens (including phenoxy) is 1. The molecular formula is C13H20N4O2. The van der Waals surface area contributed by atoms with Crippen LogP contribution in [0.1, 0.15) is 29.7 Å². The first kappa shape index (κ1) is 13.7. The highest BCUT2D eigenvalue weighted by molar-refractivity contribution is 5.93. The van der Waals surface area contributed by atoms with Crippen LogP contribution in [0.15, 0.2) is 6.07 Å². The molecule has 0 spiro atoms. The summed E-state index contributed by atoms with van der Waals surface area (Å²) in [6.07, 6.45) is 1.01. The van der Waals surface area contributed by atoms with Crippen molar-refractivity contribution in [3.05, 3.63) is 17.6 Å².